The Balaban J connectivity index is 1.87. The maximum absolute atomic E-state index is 11.6. The molecule has 1 unspecified atom stereocenters. The summed E-state index contributed by atoms with van der Waals surface area (Å²) in [6.45, 7) is 13.4. The van der Waals surface area contributed by atoms with Crippen molar-refractivity contribution in [2.24, 2.45) is 0 Å². The molecule has 0 spiro atoms. The van der Waals surface area contributed by atoms with Gasteiger partial charge in [-0.05, 0) is 68.3 Å². The molecule has 164 valence electrons. The molecular formula is C26H28N4O2. The predicted octanol–water partition coefficient (Wildman–Crippen LogP) is 5.79. The topological polar surface area (TPSA) is 76.1 Å². The summed E-state index contributed by atoms with van der Waals surface area (Å²) >= 11 is 0. The molecule has 3 aromatic rings. The van der Waals surface area contributed by atoms with Crippen LogP contribution in [0.25, 0.3) is 16.8 Å². The van der Waals surface area contributed by atoms with Gasteiger partial charge in [-0.3, -0.25) is 4.79 Å². The largest absolute Gasteiger partial charge is 0.496 e. The molecule has 3 rings (SSSR count). The number of hydrogen-bond donors (Lipinski definition) is 2. The summed E-state index contributed by atoms with van der Waals surface area (Å²) in [5.41, 5.74) is 5.36. The van der Waals surface area contributed by atoms with Gasteiger partial charge in [-0.1, -0.05) is 25.3 Å². The van der Waals surface area contributed by atoms with E-state index in [-0.39, 0.29) is 11.9 Å². The summed E-state index contributed by atoms with van der Waals surface area (Å²) in [4.78, 5) is 20.8. The van der Waals surface area contributed by atoms with Crippen LogP contribution in [0.1, 0.15) is 36.8 Å². The molecule has 6 nitrogen and oxygen atoms in total. The number of allylic oxidation sites excluding steroid dienone is 1. The molecule has 1 heterocycles. The Morgan fingerprint density at radius 1 is 1.16 bits per heavy atom. The van der Waals surface area contributed by atoms with Crippen LogP contribution in [0.2, 0.25) is 0 Å². The zero-order valence-corrected chi connectivity index (χ0v) is 18.9. The minimum atomic E-state index is -0.243. The highest BCUT2D eigenvalue weighted by atomic mass is 16.5. The quantitative estimate of drug-likeness (QED) is 0.444. The van der Waals surface area contributed by atoms with Crippen LogP contribution in [-0.2, 0) is 4.79 Å². The van der Waals surface area contributed by atoms with Crippen LogP contribution < -0.4 is 15.4 Å². The van der Waals surface area contributed by atoms with Crippen LogP contribution in [-0.4, -0.2) is 23.0 Å². The van der Waals surface area contributed by atoms with E-state index in [9.17, 15) is 4.79 Å². The van der Waals surface area contributed by atoms with Crippen LogP contribution in [0.3, 0.4) is 0 Å². The number of carbonyl (C=O) groups is 1. The Morgan fingerprint density at radius 2 is 1.94 bits per heavy atom. The average Bonchev–Trinajstić information content (AvgIpc) is 2.78. The van der Waals surface area contributed by atoms with Crippen LogP contribution >= 0.6 is 0 Å². The molecule has 1 aromatic heterocycles. The van der Waals surface area contributed by atoms with Crippen LogP contribution in [0.4, 0.5) is 11.5 Å². The zero-order chi connectivity index (χ0) is 23.3. The Labute approximate surface area is 189 Å². The van der Waals surface area contributed by atoms with Crippen molar-refractivity contribution in [3.63, 3.8) is 0 Å². The van der Waals surface area contributed by atoms with E-state index in [1.807, 2.05) is 69.3 Å². The first kappa shape index (κ1) is 22.7. The van der Waals surface area contributed by atoms with Gasteiger partial charge in [0.15, 0.2) is 0 Å². The first-order chi connectivity index (χ1) is 15.3. The highest BCUT2D eigenvalue weighted by molar-refractivity contribution is 5.98. The first-order valence-electron chi connectivity index (χ1n) is 10.3. The fourth-order valence-corrected chi connectivity index (χ4v) is 3.37. The summed E-state index contributed by atoms with van der Waals surface area (Å²) in [6.07, 6.45) is 1.25. The van der Waals surface area contributed by atoms with Crippen LogP contribution in [0.5, 0.6) is 5.75 Å². The molecule has 2 N–H and O–H groups in total. The number of ether oxygens (including phenoxy) is 1. The first-order valence-corrected chi connectivity index (χ1v) is 10.3. The van der Waals surface area contributed by atoms with Gasteiger partial charge in [-0.15, -0.1) is 0 Å². The van der Waals surface area contributed by atoms with Crippen molar-refractivity contribution in [1.29, 1.82) is 0 Å². The Bertz CT molecular complexity index is 1170. The number of nitrogens with zero attached hydrogens (tertiary/aromatic N) is 2. The van der Waals surface area contributed by atoms with Gasteiger partial charge in [-0.25, -0.2) is 9.97 Å². The standard InChI is InChI=1S/C26H28N4O2/c1-7-26(31)30-21-10-8-9-19(13-21)17(4)27-25-15-23(28-18(5)29-25)20-11-12-24(32-6)22(14-20)16(2)3/h7-15,17H,1-2H2,3-6H3,(H,30,31)(H,27,28,29). The lowest BCUT2D eigenvalue weighted by Crippen LogP contribution is -2.11. The van der Waals surface area contributed by atoms with E-state index in [2.05, 4.69) is 33.8 Å². The normalized spacial score (nSPS) is 11.4. The third-order valence-corrected chi connectivity index (χ3v) is 5.00. The lowest BCUT2D eigenvalue weighted by molar-refractivity contribution is -0.111. The van der Waals surface area contributed by atoms with E-state index in [4.69, 9.17) is 4.74 Å². The van der Waals surface area contributed by atoms with E-state index in [1.165, 1.54) is 6.08 Å². The number of aryl methyl sites for hydroxylation is 1. The van der Waals surface area contributed by atoms with Crippen molar-refractivity contribution in [2.45, 2.75) is 26.8 Å². The second-order valence-corrected chi connectivity index (χ2v) is 7.57. The Kier molecular flexibility index (Phi) is 7.05. The maximum Gasteiger partial charge on any atom is 0.247 e. The molecule has 0 aliphatic carbocycles. The summed E-state index contributed by atoms with van der Waals surface area (Å²) in [5, 5.41) is 6.22. The van der Waals surface area contributed by atoms with Gasteiger partial charge in [0.1, 0.15) is 17.4 Å². The van der Waals surface area contributed by atoms with Crippen LogP contribution in [0.15, 0.2) is 67.8 Å². The number of benzene rings is 2. The third kappa shape index (κ3) is 5.40. The van der Waals surface area contributed by atoms with Crippen molar-refractivity contribution in [2.75, 3.05) is 17.7 Å². The minimum absolute atomic E-state index is 0.0421. The molecule has 0 saturated carbocycles. The SMILES string of the molecule is C=CC(=O)Nc1cccc(C(C)Nc2cc(-c3ccc(OC)c(C(=C)C)c3)nc(C)n2)c1. The number of nitrogens with one attached hydrogen (secondary N) is 2. The molecule has 1 amide bonds. The molecule has 32 heavy (non-hydrogen) atoms. The molecule has 6 heteroatoms. The fourth-order valence-electron chi connectivity index (χ4n) is 3.37. The molecule has 0 radical (unpaired) electrons. The van der Waals surface area contributed by atoms with Gasteiger partial charge in [0.2, 0.25) is 5.91 Å². The second kappa shape index (κ2) is 9.92. The van der Waals surface area contributed by atoms with Crippen LogP contribution in [0, 0.1) is 6.92 Å². The van der Waals surface area contributed by atoms with E-state index < -0.39 is 0 Å². The summed E-state index contributed by atoms with van der Waals surface area (Å²) in [6, 6.07) is 15.5. The predicted molar refractivity (Wildman–Crippen MR) is 131 cm³/mol. The lowest BCUT2D eigenvalue weighted by atomic mass is 10.0. The number of carbonyl (C=O) groups excluding carboxylic acids is 1. The highest BCUT2D eigenvalue weighted by Gasteiger charge is 2.12. The van der Waals surface area contributed by atoms with Gasteiger partial charge in [0, 0.05) is 22.9 Å². The number of methoxy groups -OCH3 is 1. The van der Waals surface area contributed by atoms with E-state index in [1.54, 1.807) is 7.11 Å². The molecular weight excluding hydrogens is 400 g/mol. The van der Waals surface area contributed by atoms with Gasteiger partial charge < -0.3 is 15.4 Å². The molecule has 0 fully saturated rings. The Morgan fingerprint density at radius 3 is 2.62 bits per heavy atom. The average molecular weight is 429 g/mol. The van der Waals surface area contributed by atoms with Gasteiger partial charge >= 0.3 is 0 Å². The molecule has 0 aliphatic rings. The molecule has 2 aromatic carbocycles. The number of amides is 1. The fraction of sp³-hybridized carbons (Fsp3) is 0.192. The van der Waals surface area contributed by atoms with Gasteiger partial charge in [0.25, 0.3) is 0 Å². The monoisotopic (exact) mass is 428 g/mol. The van der Waals surface area contributed by atoms with Gasteiger partial charge in [-0.2, -0.15) is 0 Å². The number of anilines is 2. The minimum Gasteiger partial charge on any atom is -0.496 e. The van der Waals surface area contributed by atoms with E-state index >= 15 is 0 Å². The number of rotatable bonds is 8. The van der Waals surface area contributed by atoms with Gasteiger partial charge in [0.05, 0.1) is 18.8 Å². The second-order valence-electron chi connectivity index (χ2n) is 7.57. The summed E-state index contributed by atoms with van der Waals surface area (Å²) in [7, 11) is 1.65. The van der Waals surface area contributed by atoms with Crippen molar-refractivity contribution >= 4 is 23.0 Å². The third-order valence-electron chi connectivity index (χ3n) is 5.00. The zero-order valence-electron chi connectivity index (χ0n) is 18.9. The summed E-state index contributed by atoms with van der Waals surface area (Å²) < 4.78 is 5.45. The molecule has 0 bridgehead atoms. The van der Waals surface area contributed by atoms with Crippen molar-refractivity contribution in [3.8, 4) is 17.0 Å². The van der Waals surface area contributed by atoms with Crippen molar-refractivity contribution in [3.05, 3.63) is 84.7 Å². The molecule has 0 saturated heterocycles. The lowest BCUT2D eigenvalue weighted by Gasteiger charge is -2.17. The molecule has 0 aliphatic heterocycles. The number of hydrogen-bond acceptors (Lipinski definition) is 5. The smallest absolute Gasteiger partial charge is 0.247 e. The highest BCUT2D eigenvalue weighted by Crippen LogP contribution is 2.31. The van der Waals surface area contributed by atoms with Crippen molar-refractivity contribution < 1.29 is 9.53 Å². The van der Waals surface area contributed by atoms with Crippen molar-refractivity contribution in [1.82, 2.24) is 9.97 Å². The Hall–Kier alpha value is -3.93. The number of aromatic nitrogens is 2. The van der Waals surface area contributed by atoms with E-state index in [0.717, 1.165) is 33.7 Å². The summed E-state index contributed by atoms with van der Waals surface area (Å²) in [5.74, 6) is 1.92. The molecule has 1 atom stereocenters. The maximum atomic E-state index is 11.6. The van der Waals surface area contributed by atoms with E-state index in [0.29, 0.717) is 17.3 Å².